The van der Waals surface area contributed by atoms with Crippen LogP contribution < -0.4 is 4.72 Å². The van der Waals surface area contributed by atoms with Crippen molar-refractivity contribution in [1.82, 2.24) is 0 Å². The molecule has 1 aromatic rings. The maximum atomic E-state index is 11.6. The predicted molar refractivity (Wildman–Crippen MR) is 64.6 cm³/mol. The Balaban J connectivity index is 2.80. The zero-order chi connectivity index (χ0) is 12.2. The van der Waals surface area contributed by atoms with Crippen LogP contribution in [0.1, 0.15) is 19.4 Å². The summed E-state index contributed by atoms with van der Waals surface area (Å²) < 4.78 is 25.8. The first-order valence-electron chi connectivity index (χ1n) is 5.13. The normalized spacial score (nSPS) is 11.8. The van der Waals surface area contributed by atoms with Crippen LogP contribution >= 0.6 is 0 Å². The standard InChI is InChI=1S/C11H17NO3S/c1-9(2)8-16(14,15)12-11-5-3-4-10(6-11)7-13/h3-6,9,12-13H,7-8H2,1-2H3. The maximum absolute atomic E-state index is 11.6. The molecule has 0 aromatic heterocycles. The topological polar surface area (TPSA) is 66.4 Å². The van der Waals surface area contributed by atoms with Gasteiger partial charge in [0.1, 0.15) is 0 Å². The molecule has 16 heavy (non-hydrogen) atoms. The molecule has 0 atom stereocenters. The lowest BCUT2D eigenvalue weighted by Gasteiger charge is -2.10. The molecule has 0 spiro atoms. The fourth-order valence-electron chi connectivity index (χ4n) is 1.39. The van der Waals surface area contributed by atoms with Crippen LogP contribution in [0.2, 0.25) is 0 Å². The zero-order valence-corrected chi connectivity index (χ0v) is 10.3. The Morgan fingerprint density at radius 3 is 2.62 bits per heavy atom. The number of aliphatic hydroxyl groups is 1. The van der Waals surface area contributed by atoms with Gasteiger partial charge in [0.05, 0.1) is 12.4 Å². The lowest BCUT2D eigenvalue weighted by atomic mass is 10.2. The lowest BCUT2D eigenvalue weighted by Crippen LogP contribution is -2.20. The van der Waals surface area contributed by atoms with E-state index in [-0.39, 0.29) is 18.3 Å². The lowest BCUT2D eigenvalue weighted by molar-refractivity contribution is 0.282. The van der Waals surface area contributed by atoms with E-state index in [0.29, 0.717) is 11.3 Å². The molecule has 0 unspecified atom stereocenters. The molecule has 0 saturated carbocycles. The minimum atomic E-state index is -3.29. The van der Waals surface area contributed by atoms with Crippen molar-refractivity contribution in [2.75, 3.05) is 10.5 Å². The van der Waals surface area contributed by atoms with Crippen LogP contribution in [-0.2, 0) is 16.6 Å². The molecule has 1 aromatic carbocycles. The number of nitrogens with one attached hydrogen (secondary N) is 1. The fraction of sp³-hybridized carbons (Fsp3) is 0.455. The van der Waals surface area contributed by atoms with Gasteiger partial charge in [-0.2, -0.15) is 0 Å². The molecule has 90 valence electrons. The van der Waals surface area contributed by atoms with Crippen LogP contribution in [0.3, 0.4) is 0 Å². The molecule has 0 bridgehead atoms. The van der Waals surface area contributed by atoms with Gasteiger partial charge < -0.3 is 5.11 Å². The first-order valence-corrected chi connectivity index (χ1v) is 6.78. The van der Waals surface area contributed by atoms with Gasteiger partial charge >= 0.3 is 0 Å². The average molecular weight is 243 g/mol. The van der Waals surface area contributed by atoms with Crippen LogP contribution in [0.5, 0.6) is 0 Å². The highest BCUT2D eigenvalue weighted by Gasteiger charge is 2.12. The van der Waals surface area contributed by atoms with E-state index in [2.05, 4.69) is 4.72 Å². The molecule has 0 fully saturated rings. The minimum Gasteiger partial charge on any atom is -0.392 e. The first-order chi connectivity index (χ1) is 7.43. The van der Waals surface area contributed by atoms with Gasteiger partial charge in [0.15, 0.2) is 0 Å². The summed E-state index contributed by atoms with van der Waals surface area (Å²) in [5, 5.41) is 8.93. The van der Waals surface area contributed by atoms with Crippen LogP contribution in [0.25, 0.3) is 0 Å². The van der Waals surface area contributed by atoms with Gasteiger partial charge in [0.2, 0.25) is 10.0 Å². The summed E-state index contributed by atoms with van der Waals surface area (Å²) >= 11 is 0. The molecule has 0 aliphatic carbocycles. The van der Waals surface area contributed by atoms with E-state index in [4.69, 9.17) is 5.11 Å². The molecule has 5 heteroatoms. The van der Waals surface area contributed by atoms with Crippen LogP contribution in [-0.4, -0.2) is 19.3 Å². The SMILES string of the molecule is CC(C)CS(=O)(=O)Nc1cccc(CO)c1. The van der Waals surface area contributed by atoms with Crippen LogP contribution in [0.15, 0.2) is 24.3 Å². The Labute approximate surface area is 96.4 Å². The molecule has 1 rings (SSSR count). The third-order valence-electron chi connectivity index (χ3n) is 1.94. The van der Waals surface area contributed by atoms with E-state index in [9.17, 15) is 8.42 Å². The third kappa shape index (κ3) is 4.20. The first kappa shape index (κ1) is 13.0. The van der Waals surface area contributed by atoms with Crippen molar-refractivity contribution in [2.24, 2.45) is 5.92 Å². The highest BCUT2D eigenvalue weighted by atomic mass is 32.2. The van der Waals surface area contributed by atoms with Gasteiger partial charge in [-0.05, 0) is 23.6 Å². The summed E-state index contributed by atoms with van der Waals surface area (Å²) in [4.78, 5) is 0. The molecular weight excluding hydrogens is 226 g/mol. The Morgan fingerprint density at radius 1 is 1.38 bits per heavy atom. The number of anilines is 1. The summed E-state index contributed by atoms with van der Waals surface area (Å²) in [5.74, 6) is 0.176. The molecular formula is C11H17NO3S. The van der Waals surface area contributed by atoms with E-state index in [0.717, 1.165) is 0 Å². The van der Waals surface area contributed by atoms with E-state index in [1.54, 1.807) is 24.3 Å². The van der Waals surface area contributed by atoms with Crippen molar-refractivity contribution in [1.29, 1.82) is 0 Å². The quantitative estimate of drug-likeness (QED) is 0.825. The zero-order valence-electron chi connectivity index (χ0n) is 9.47. The number of aliphatic hydroxyl groups excluding tert-OH is 1. The Bertz CT molecular complexity index is 440. The molecule has 0 aliphatic rings. The van der Waals surface area contributed by atoms with E-state index >= 15 is 0 Å². The van der Waals surface area contributed by atoms with Crippen molar-refractivity contribution in [2.45, 2.75) is 20.5 Å². The summed E-state index contributed by atoms with van der Waals surface area (Å²) in [6.07, 6.45) is 0. The summed E-state index contributed by atoms with van der Waals surface area (Å²) in [7, 11) is -3.29. The van der Waals surface area contributed by atoms with Crippen molar-refractivity contribution >= 4 is 15.7 Å². The number of hydrogen-bond donors (Lipinski definition) is 2. The van der Waals surface area contributed by atoms with Crippen LogP contribution in [0.4, 0.5) is 5.69 Å². The van der Waals surface area contributed by atoms with Gasteiger partial charge in [-0.1, -0.05) is 26.0 Å². The van der Waals surface area contributed by atoms with E-state index in [1.165, 1.54) is 0 Å². The van der Waals surface area contributed by atoms with Gasteiger partial charge in [-0.25, -0.2) is 8.42 Å². The Morgan fingerprint density at radius 2 is 2.06 bits per heavy atom. The van der Waals surface area contributed by atoms with Gasteiger partial charge in [0, 0.05) is 5.69 Å². The van der Waals surface area contributed by atoms with Gasteiger partial charge in [-0.3, -0.25) is 4.72 Å². The fourth-order valence-corrected chi connectivity index (χ4v) is 2.84. The molecule has 4 nitrogen and oxygen atoms in total. The number of hydrogen-bond acceptors (Lipinski definition) is 3. The summed E-state index contributed by atoms with van der Waals surface area (Å²) in [6.45, 7) is 3.60. The Kier molecular flexibility index (Phi) is 4.32. The molecule has 0 amide bonds. The minimum absolute atomic E-state index is 0.0820. The maximum Gasteiger partial charge on any atom is 0.232 e. The van der Waals surface area contributed by atoms with Gasteiger partial charge in [0.25, 0.3) is 0 Å². The monoisotopic (exact) mass is 243 g/mol. The third-order valence-corrected chi connectivity index (χ3v) is 3.59. The highest BCUT2D eigenvalue weighted by Crippen LogP contribution is 2.13. The van der Waals surface area contributed by atoms with Gasteiger partial charge in [-0.15, -0.1) is 0 Å². The second-order valence-corrected chi connectivity index (χ2v) is 5.90. The highest BCUT2D eigenvalue weighted by molar-refractivity contribution is 7.92. The average Bonchev–Trinajstić information content (AvgIpc) is 2.15. The largest absolute Gasteiger partial charge is 0.392 e. The van der Waals surface area contributed by atoms with E-state index in [1.807, 2.05) is 13.8 Å². The molecule has 0 aliphatic heterocycles. The second kappa shape index (κ2) is 5.32. The summed E-state index contributed by atoms with van der Waals surface area (Å²) in [6, 6.07) is 6.73. The number of benzene rings is 1. The molecule has 0 radical (unpaired) electrons. The van der Waals surface area contributed by atoms with E-state index < -0.39 is 10.0 Å². The summed E-state index contributed by atoms with van der Waals surface area (Å²) in [5.41, 5.74) is 1.18. The molecule has 0 heterocycles. The van der Waals surface area contributed by atoms with Crippen molar-refractivity contribution < 1.29 is 13.5 Å². The van der Waals surface area contributed by atoms with Crippen molar-refractivity contribution in [3.05, 3.63) is 29.8 Å². The molecule has 2 N–H and O–H groups in total. The second-order valence-electron chi connectivity index (χ2n) is 4.14. The van der Waals surface area contributed by atoms with Crippen LogP contribution in [0, 0.1) is 5.92 Å². The van der Waals surface area contributed by atoms with Crippen molar-refractivity contribution in [3.63, 3.8) is 0 Å². The smallest absolute Gasteiger partial charge is 0.232 e. The molecule has 0 saturated heterocycles. The number of rotatable bonds is 5. The number of sulfonamides is 1. The predicted octanol–water partition coefficient (Wildman–Crippen LogP) is 1.58. The van der Waals surface area contributed by atoms with Crippen molar-refractivity contribution in [3.8, 4) is 0 Å². The Hall–Kier alpha value is -1.07.